The van der Waals surface area contributed by atoms with Crippen LogP contribution in [0.15, 0.2) is 71.2 Å². The number of carbonyl (C=O) groups excluding carboxylic acids is 3. The first-order valence-corrected chi connectivity index (χ1v) is 17.7. The van der Waals surface area contributed by atoms with E-state index in [1.807, 2.05) is 32.9 Å². The monoisotopic (exact) mass is 662 g/mol. The van der Waals surface area contributed by atoms with E-state index in [1.165, 1.54) is 49.1 Å². The zero-order valence-corrected chi connectivity index (χ0v) is 29.0. The second-order valence-electron chi connectivity index (χ2n) is 16.0. The topological polar surface area (TPSA) is 132 Å². The summed E-state index contributed by atoms with van der Waals surface area (Å²) >= 11 is 0. The van der Waals surface area contributed by atoms with E-state index in [1.54, 1.807) is 6.92 Å². The molecule has 0 heterocycles. The van der Waals surface area contributed by atoms with Crippen molar-refractivity contribution in [1.82, 2.24) is 0 Å². The summed E-state index contributed by atoms with van der Waals surface area (Å²) < 4.78 is 0. The smallest absolute Gasteiger partial charge is 0.209 e. The number of allylic oxidation sites excluding steroid dienone is 2. The Kier molecular flexibility index (Phi) is 7.75. The Bertz CT molecular complexity index is 2010. The molecule has 3 aromatic carbocycles. The van der Waals surface area contributed by atoms with Gasteiger partial charge in [0.15, 0.2) is 17.2 Å². The van der Waals surface area contributed by atoms with E-state index < -0.39 is 51.0 Å². The van der Waals surface area contributed by atoms with Crippen molar-refractivity contribution in [1.29, 1.82) is 0 Å². The van der Waals surface area contributed by atoms with Crippen LogP contribution in [0, 0.1) is 28.6 Å². The van der Waals surface area contributed by atoms with Gasteiger partial charge in [-0.1, -0.05) is 102 Å². The molecule has 49 heavy (non-hydrogen) atoms. The number of rotatable bonds is 5. The molecule has 1 unspecified atom stereocenters. The molecule has 7 nitrogen and oxygen atoms in total. The lowest BCUT2D eigenvalue weighted by Crippen LogP contribution is -2.67. The molecule has 3 aromatic rings. The zero-order valence-electron chi connectivity index (χ0n) is 29.0. The molecule has 0 aromatic heterocycles. The van der Waals surface area contributed by atoms with Crippen LogP contribution in [0.2, 0.25) is 0 Å². The highest BCUT2D eigenvalue weighted by molar-refractivity contribution is 6.25. The van der Waals surface area contributed by atoms with Crippen LogP contribution >= 0.6 is 0 Å². The van der Waals surface area contributed by atoms with Gasteiger partial charge in [-0.3, -0.25) is 14.4 Å². The molecule has 4 N–H and O–H groups in total. The minimum Gasteiger partial charge on any atom is -0.511 e. The number of ketones is 3. The summed E-state index contributed by atoms with van der Waals surface area (Å²) in [6.07, 6.45) is 7.63. The molecule has 0 radical (unpaired) electrons. The second kappa shape index (κ2) is 11.4. The molecular formula is C42H46O7. The number of carbonyl (C=O) groups is 3. The molecule has 4 atom stereocenters. The Labute approximate surface area is 287 Å². The van der Waals surface area contributed by atoms with Gasteiger partial charge < -0.3 is 20.4 Å². The maximum absolute atomic E-state index is 14.6. The van der Waals surface area contributed by atoms with Crippen molar-refractivity contribution in [2.24, 2.45) is 28.6 Å². The van der Waals surface area contributed by atoms with Crippen molar-refractivity contribution < 1.29 is 34.8 Å². The Balaban J connectivity index is 1.41. The maximum atomic E-state index is 14.6. The van der Waals surface area contributed by atoms with Gasteiger partial charge >= 0.3 is 0 Å². The van der Waals surface area contributed by atoms with Gasteiger partial charge in [0, 0.05) is 22.3 Å². The van der Waals surface area contributed by atoms with Gasteiger partial charge in [-0.15, -0.1) is 0 Å². The van der Waals surface area contributed by atoms with Gasteiger partial charge in [0.2, 0.25) is 5.78 Å². The number of phenols is 1. The molecule has 0 amide bonds. The molecule has 7 heteroatoms. The number of aromatic hydroxyl groups is 1. The summed E-state index contributed by atoms with van der Waals surface area (Å²) in [5.74, 6) is -4.48. The fourth-order valence-corrected chi connectivity index (χ4v) is 10.5. The first-order chi connectivity index (χ1) is 23.2. The van der Waals surface area contributed by atoms with Crippen LogP contribution < -0.4 is 0 Å². The molecule has 0 saturated heterocycles. The van der Waals surface area contributed by atoms with Gasteiger partial charge in [-0.25, -0.2) is 0 Å². The van der Waals surface area contributed by atoms with Gasteiger partial charge in [-0.2, -0.15) is 0 Å². The number of phenolic OH excluding ortho intramolecular Hbond substituents is 1. The SMILES string of the molecule is CC(=O)C1=C(O)C(C(C)C)[C@@]2(C)C[C@@]3(C)Cc4c(-c5ccc(CC6CCCCC6)c6ccccc56)ccc(O)c4C(=O)C3=C(O)[C@@]2(O)C1=O. The Morgan fingerprint density at radius 2 is 1.55 bits per heavy atom. The first kappa shape index (κ1) is 33.3. The van der Waals surface area contributed by atoms with Crippen LogP contribution in [-0.2, 0) is 22.4 Å². The summed E-state index contributed by atoms with van der Waals surface area (Å²) in [4.78, 5) is 41.3. The molecule has 4 aliphatic carbocycles. The van der Waals surface area contributed by atoms with Crippen molar-refractivity contribution in [2.75, 3.05) is 0 Å². The molecule has 1 saturated carbocycles. The molecule has 1 fully saturated rings. The lowest BCUT2D eigenvalue weighted by atomic mass is 9.44. The van der Waals surface area contributed by atoms with Crippen molar-refractivity contribution in [3.05, 3.63) is 87.9 Å². The summed E-state index contributed by atoms with van der Waals surface area (Å²) in [6, 6.07) is 16.0. The third kappa shape index (κ3) is 4.61. The van der Waals surface area contributed by atoms with Gasteiger partial charge in [0.1, 0.15) is 22.8 Å². The summed E-state index contributed by atoms with van der Waals surface area (Å²) in [5, 5.41) is 49.2. The number of aliphatic hydroxyl groups excluding tert-OH is 2. The van der Waals surface area contributed by atoms with E-state index in [9.17, 15) is 34.8 Å². The highest BCUT2D eigenvalue weighted by Gasteiger charge is 2.71. The number of aliphatic hydroxyl groups is 3. The number of fused-ring (bicyclic) bond motifs is 4. The van der Waals surface area contributed by atoms with Crippen LogP contribution in [-0.4, -0.2) is 43.4 Å². The van der Waals surface area contributed by atoms with Gasteiger partial charge in [0.05, 0.1) is 5.56 Å². The van der Waals surface area contributed by atoms with Crippen molar-refractivity contribution in [2.45, 2.75) is 91.6 Å². The van der Waals surface area contributed by atoms with Crippen LogP contribution in [0.3, 0.4) is 0 Å². The Morgan fingerprint density at radius 3 is 2.20 bits per heavy atom. The molecule has 0 aliphatic heterocycles. The molecule has 7 rings (SSSR count). The minimum absolute atomic E-state index is 0.0351. The van der Waals surface area contributed by atoms with Crippen LogP contribution in [0.5, 0.6) is 5.75 Å². The molecule has 256 valence electrons. The van der Waals surface area contributed by atoms with E-state index >= 15 is 0 Å². The highest BCUT2D eigenvalue weighted by Crippen LogP contribution is 2.65. The van der Waals surface area contributed by atoms with Gasteiger partial charge in [0.25, 0.3) is 0 Å². The fourth-order valence-electron chi connectivity index (χ4n) is 10.5. The van der Waals surface area contributed by atoms with E-state index in [0.717, 1.165) is 29.9 Å². The molecule has 0 bridgehead atoms. The fraction of sp³-hybridized carbons (Fsp3) is 0.452. The van der Waals surface area contributed by atoms with Crippen LogP contribution in [0.25, 0.3) is 21.9 Å². The number of hydrogen-bond donors (Lipinski definition) is 4. The number of hydrogen-bond acceptors (Lipinski definition) is 7. The first-order valence-electron chi connectivity index (χ1n) is 17.7. The summed E-state index contributed by atoms with van der Waals surface area (Å²) in [7, 11) is 0. The molecule has 0 spiro atoms. The summed E-state index contributed by atoms with van der Waals surface area (Å²) in [5.41, 5.74) is -2.17. The maximum Gasteiger partial charge on any atom is 0.209 e. The largest absolute Gasteiger partial charge is 0.511 e. The predicted molar refractivity (Wildman–Crippen MR) is 188 cm³/mol. The molecular weight excluding hydrogens is 616 g/mol. The van der Waals surface area contributed by atoms with E-state index in [4.69, 9.17) is 0 Å². The second-order valence-corrected chi connectivity index (χ2v) is 16.0. The van der Waals surface area contributed by atoms with E-state index in [-0.39, 0.29) is 41.4 Å². The predicted octanol–water partition coefficient (Wildman–Crippen LogP) is 8.29. The van der Waals surface area contributed by atoms with Crippen LogP contribution in [0.4, 0.5) is 0 Å². The van der Waals surface area contributed by atoms with Gasteiger partial charge in [-0.05, 0) is 77.1 Å². The average molecular weight is 663 g/mol. The van der Waals surface area contributed by atoms with Crippen molar-refractivity contribution in [3.8, 4) is 16.9 Å². The van der Waals surface area contributed by atoms with E-state index in [2.05, 4.69) is 30.3 Å². The summed E-state index contributed by atoms with van der Waals surface area (Å²) in [6.45, 7) is 8.30. The third-order valence-corrected chi connectivity index (χ3v) is 12.4. The standard InChI is InChI=1S/C42H46O7/c1-22(2)34-36(45)32(23(3)43)38(47)42(49)39(48)35-37(46)33-30(20-40(35,4)21-41(34,42)5)29(17-18-31(33)44)28-16-15-25(19-24-11-7-6-8-12-24)26-13-9-10-14-27(26)28/h9-10,13-18,22,24,34,44-45,48-49H,6-8,11-12,19-21H2,1-5H3/t34?,40-,41-,42+/m1/s1. The Hall–Kier alpha value is -4.23. The van der Waals surface area contributed by atoms with E-state index in [0.29, 0.717) is 11.5 Å². The highest BCUT2D eigenvalue weighted by atomic mass is 16.3. The Morgan fingerprint density at radius 1 is 0.898 bits per heavy atom. The van der Waals surface area contributed by atoms with Crippen molar-refractivity contribution >= 4 is 28.1 Å². The quantitative estimate of drug-likeness (QED) is 0.202. The minimum atomic E-state index is -2.63. The van der Waals surface area contributed by atoms with Crippen LogP contribution in [0.1, 0.15) is 94.6 Å². The average Bonchev–Trinajstić information content (AvgIpc) is 3.03. The normalized spacial score (nSPS) is 28.9. The lowest BCUT2D eigenvalue weighted by Gasteiger charge is -2.59. The number of Topliss-reactive ketones (excluding diaryl/α,β-unsaturated/α-hetero) is 3. The molecule has 4 aliphatic rings. The third-order valence-electron chi connectivity index (χ3n) is 12.4. The zero-order chi connectivity index (χ0) is 35.2. The lowest BCUT2D eigenvalue weighted by molar-refractivity contribution is -0.171. The van der Waals surface area contributed by atoms with Crippen molar-refractivity contribution in [3.63, 3.8) is 0 Å². The number of benzene rings is 3.